The predicted molar refractivity (Wildman–Crippen MR) is 33.0 cm³/mol. The molecule has 0 bridgehead atoms. The Kier molecular flexibility index (Phi) is 206. The highest BCUT2D eigenvalue weighted by atomic mass is 35.5. The second-order valence-electron chi connectivity index (χ2n) is 0. The molecule has 0 aromatic heterocycles. The summed E-state index contributed by atoms with van der Waals surface area (Å²) in [5.41, 5.74) is 0. The van der Waals surface area contributed by atoms with Crippen LogP contribution in [0.3, 0.4) is 0 Å². The number of hydrogen-bond donors (Lipinski definition) is 0. The monoisotopic (exact) mass is 128 g/mol. The first kappa shape index (κ1) is 39.6. The molecular formula is H7AlCl2Mg. The third kappa shape index (κ3) is 9.11. The SMILES string of the molecule is Cl.Cl.[AlH3].[MgH2]. The van der Waals surface area contributed by atoms with Gasteiger partial charge in [0.2, 0.25) is 0 Å². The first-order valence-electron chi connectivity index (χ1n) is 0. The van der Waals surface area contributed by atoms with Crippen LogP contribution in [0.25, 0.3) is 0 Å². The first-order chi connectivity index (χ1) is 0. The van der Waals surface area contributed by atoms with E-state index in [1.54, 1.807) is 0 Å². The second-order valence-corrected chi connectivity index (χ2v) is 0. The van der Waals surface area contributed by atoms with E-state index in [1.165, 1.54) is 0 Å². The summed E-state index contributed by atoms with van der Waals surface area (Å²) >= 11 is 0. The molecule has 0 nitrogen and oxygen atoms in total. The Morgan fingerprint density at radius 3 is 0.750 bits per heavy atom. The van der Waals surface area contributed by atoms with Crippen LogP contribution in [-0.4, -0.2) is 40.4 Å². The summed E-state index contributed by atoms with van der Waals surface area (Å²) in [6, 6.07) is 0. The Morgan fingerprint density at radius 2 is 0.750 bits per heavy atom. The zero-order valence-corrected chi connectivity index (χ0v) is 2.45. The van der Waals surface area contributed by atoms with Crippen LogP contribution in [0.1, 0.15) is 0 Å². The fraction of sp³-hybridized carbons (Fsp3) is 0. The highest BCUT2D eigenvalue weighted by Gasteiger charge is 0.316. The lowest BCUT2D eigenvalue weighted by atomic mass is 24.3. The van der Waals surface area contributed by atoms with Crippen molar-refractivity contribution in [2.45, 2.75) is 0 Å². The van der Waals surface area contributed by atoms with E-state index in [1.807, 2.05) is 0 Å². The molecule has 0 radical (unpaired) electrons. The van der Waals surface area contributed by atoms with Gasteiger partial charge in [-0.25, -0.2) is 0 Å². The van der Waals surface area contributed by atoms with E-state index >= 15 is 0 Å². The summed E-state index contributed by atoms with van der Waals surface area (Å²) in [5.74, 6) is 0. The molecule has 0 amide bonds. The average molecular weight is 129 g/mol. The Morgan fingerprint density at radius 1 is 0.750 bits per heavy atom. The van der Waals surface area contributed by atoms with E-state index in [4.69, 9.17) is 0 Å². The molecule has 0 aliphatic rings. The molecule has 4 heteroatoms. The molecule has 4 heavy (non-hydrogen) atoms. The van der Waals surface area contributed by atoms with Crippen molar-refractivity contribution < 1.29 is 0 Å². The van der Waals surface area contributed by atoms with Crippen LogP contribution in [0.15, 0.2) is 0 Å². The van der Waals surface area contributed by atoms with Gasteiger partial charge in [0, 0.05) is 0 Å². The molecule has 0 aromatic carbocycles. The standard InChI is InChI=1S/Al.2ClH.Mg.5H/h;2*1H;;;;;;. The van der Waals surface area contributed by atoms with E-state index in [0.29, 0.717) is 0 Å². The van der Waals surface area contributed by atoms with Crippen molar-refractivity contribution in [1.82, 2.24) is 0 Å². The fourth-order valence-electron chi connectivity index (χ4n) is 0. The third-order valence-electron chi connectivity index (χ3n) is 0. The van der Waals surface area contributed by atoms with Crippen LogP contribution in [0, 0.1) is 0 Å². The summed E-state index contributed by atoms with van der Waals surface area (Å²) in [6.45, 7) is 0. The zero-order chi connectivity index (χ0) is 0. The average Bonchev–Trinajstić information content (AvgIpc) is 0. The van der Waals surface area contributed by atoms with Gasteiger partial charge in [-0.2, -0.15) is 0 Å². The molecule has 0 spiro atoms. The van der Waals surface area contributed by atoms with Crippen LogP contribution in [0.4, 0.5) is 0 Å². The van der Waals surface area contributed by atoms with E-state index < -0.39 is 0 Å². The smallest absolute Gasteiger partial charge is 0.147 e. The van der Waals surface area contributed by atoms with Crippen LogP contribution in [0.5, 0.6) is 0 Å². The maximum atomic E-state index is 0. The highest BCUT2D eigenvalue weighted by Crippen LogP contribution is 0.691. The summed E-state index contributed by atoms with van der Waals surface area (Å²) < 4.78 is 0. The maximum Gasteiger partial charge on any atom is 0.316 e. The fourth-order valence-corrected chi connectivity index (χ4v) is 0. The van der Waals surface area contributed by atoms with E-state index in [9.17, 15) is 0 Å². The van der Waals surface area contributed by atoms with Crippen LogP contribution in [0.2, 0.25) is 0 Å². The largest absolute Gasteiger partial charge is 0.316 e. The Bertz CT molecular complexity index is 6.00. The summed E-state index contributed by atoms with van der Waals surface area (Å²) in [4.78, 5) is 0. The Hall–Kier alpha value is 1.88. The lowest BCUT2D eigenvalue weighted by molar-refractivity contribution is 5.75. The van der Waals surface area contributed by atoms with Crippen molar-refractivity contribution in [1.29, 1.82) is 0 Å². The van der Waals surface area contributed by atoms with Gasteiger partial charge in [0.15, 0.2) is 17.4 Å². The second kappa shape index (κ2) is 20.8. The quantitative estimate of drug-likeness (QED) is 0.358. The highest BCUT2D eigenvalue weighted by molar-refractivity contribution is 5.85. The minimum atomic E-state index is 0. The van der Waals surface area contributed by atoms with Gasteiger partial charge in [-0.3, -0.25) is 0 Å². The van der Waals surface area contributed by atoms with Crippen molar-refractivity contribution >= 4 is 65.2 Å². The molecule has 0 unspecified atom stereocenters. The maximum absolute atomic E-state index is 0. The lowest BCUT2D eigenvalue weighted by Gasteiger charge is -0.148. The van der Waals surface area contributed by atoms with Crippen molar-refractivity contribution in [2.24, 2.45) is 0 Å². The van der Waals surface area contributed by atoms with Gasteiger partial charge >= 0.3 is 23.1 Å². The lowest BCUT2D eigenvalue weighted by Crippen LogP contribution is -0.382. The molecule has 26 valence electrons. The number of rotatable bonds is 0. The Labute approximate surface area is 64.8 Å². The molecule has 0 fully saturated rings. The molecular weight excluding hydrogens is 122 g/mol. The molecule has 0 saturated carbocycles. The molecule has 0 saturated heterocycles. The minimum absolute atomic E-state index is 0. The van der Waals surface area contributed by atoms with Gasteiger partial charge in [0.25, 0.3) is 0 Å². The normalized spacial score (nSPS) is 0. The molecule has 0 heterocycles. The molecule has 0 aliphatic carbocycles. The topological polar surface area (TPSA) is 0 Å². The van der Waals surface area contributed by atoms with Crippen LogP contribution >= 0.6 is 24.8 Å². The van der Waals surface area contributed by atoms with E-state index in [2.05, 4.69) is 0 Å². The zero-order valence-electron chi connectivity index (χ0n) is 0.816. The van der Waals surface area contributed by atoms with Gasteiger partial charge in [-0.05, 0) is 0 Å². The van der Waals surface area contributed by atoms with Gasteiger partial charge < -0.3 is 0 Å². The number of halogens is 2. The van der Waals surface area contributed by atoms with Gasteiger partial charge in [0.05, 0.1) is 0 Å². The summed E-state index contributed by atoms with van der Waals surface area (Å²) in [6.07, 6.45) is 0. The summed E-state index contributed by atoms with van der Waals surface area (Å²) in [5, 5.41) is 0. The molecule has 0 aromatic rings. The summed E-state index contributed by atoms with van der Waals surface area (Å²) in [7, 11) is 0. The molecule has 0 atom stereocenters. The molecule has 0 N–H and O–H groups in total. The minimum Gasteiger partial charge on any atom is -0.147 e. The van der Waals surface area contributed by atoms with Gasteiger partial charge in [-0.15, -0.1) is 24.8 Å². The van der Waals surface area contributed by atoms with Crippen molar-refractivity contribution in [3.05, 3.63) is 0 Å². The van der Waals surface area contributed by atoms with Gasteiger partial charge in [0.1, 0.15) is 0 Å². The Balaban J connectivity index is 0. The third-order valence-corrected chi connectivity index (χ3v) is 0. The van der Waals surface area contributed by atoms with E-state index in [-0.39, 0.29) is 65.2 Å². The molecule has 0 aliphatic heterocycles. The van der Waals surface area contributed by atoms with Gasteiger partial charge in [-0.1, -0.05) is 0 Å². The van der Waals surface area contributed by atoms with Crippen LogP contribution < -0.4 is 0 Å². The van der Waals surface area contributed by atoms with E-state index in [0.717, 1.165) is 0 Å². The van der Waals surface area contributed by atoms with Crippen molar-refractivity contribution in [2.75, 3.05) is 0 Å². The predicted octanol–water partition coefficient (Wildman–Crippen LogP) is -1.26. The molecule has 0 rings (SSSR count). The first-order valence-corrected chi connectivity index (χ1v) is 0. The number of hydrogen-bond acceptors (Lipinski definition) is 0. The van der Waals surface area contributed by atoms with Crippen molar-refractivity contribution in [3.8, 4) is 0 Å². The van der Waals surface area contributed by atoms with Crippen LogP contribution in [-0.2, 0) is 0 Å². The van der Waals surface area contributed by atoms with Crippen molar-refractivity contribution in [3.63, 3.8) is 0 Å².